The quantitative estimate of drug-likeness (QED) is 0.436. The highest BCUT2D eigenvalue weighted by atomic mass is 32.2. The highest BCUT2D eigenvalue weighted by molar-refractivity contribution is 7.92. The molecule has 0 aliphatic rings. The molecule has 2 N–H and O–H groups in total. The molecule has 0 radical (unpaired) electrons. The van der Waals surface area contributed by atoms with Crippen molar-refractivity contribution in [3.8, 4) is 16.9 Å². The van der Waals surface area contributed by atoms with Crippen LogP contribution in [0.1, 0.15) is 13.3 Å². The molecule has 8 nitrogen and oxygen atoms in total. The standard InChI is InChI=1S/C20H22FN3O5S/c1-20(19(25)23-26,30(3,27)28)10-11-24-12-16-17(22-24)9-8-15(18(16)21)13-4-6-14(29-2)7-5-13/h4-9,12,26H,10-11H2,1-3H3,(H,23,25). The molecule has 30 heavy (non-hydrogen) atoms. The lowest BCUT2D eigenvalue weighted by atomic mass is 10.0. The van der Waals surface area contributed by atoms with Crippen LogP contribution in [0.3, 0.4) is 0 Å². The number of rotatable bonds is 7. The van der Waals surface area contributed by atoms with Gasteiger partial charge in [0.2, 0.25) is 0 Å². The van der Waals surface area contributed by atoms with Gasteiger partial charge in [0, 0.05) is 24.6 Å². The molecule has 0 aliphatic heterocycles. The Labute approximate surface area is 173 Å². The third-order valence-corrected chi connectivity index (χ3v) is 7.32. The fraction of sp³-hybridized carbons (Fsp3) is 0.300. The molecule has 0 spiro atoms. The van der Waals surface area contributed by atoms with E-state index in [1.165, 1.54) is 23.3 Å². The number of amides is 1. The van der Waals surface area contributed by atoms with Crippen molar-refractivity contribution in [2.75, 3.05) is 13.4 Å². The molecule has 0 saturated heterocycles. The Morgan fingerprint density at radius 2 is 1.93 bits per heavy atom. The second kappa shape index (κ2) is 8.04. The lowest BCUT2D eigenvalue weighted by Gasteiger charge is -2.24. The van der Waals surface area contributed by atoms with E-state index in [0.717, 1.165) is 6.26 Å². The molecule has 1 heterocycles. The summed E-state index contributed by atoms with van der Waals surface area (Å²) in [4.78, 5) is 11.9. The lowest BCUT2D eigenvalue weighted by molar-refractivity contribution is -0.131. The number of nitrogens with one attached hydrogen (secondary N) is 1. The predicted octanol–water partition coefficient (Wildman–Crippen LogP) is 2.55. The summed E-state index contributed by atoms with van der Waals surface area (Å²) in [6.07, 6.45) is 2.24. The number of hydrogen-bond acceptors (Lipinski definition) is 6. The van der Waals surface area contributed by atoms with E-state index < -0.39 is 26.3 Å². The van der Waals surface area contributed by atoms with Gasteiger partial charge in [-0.3, -0.25) is 14.7 Å². The molecule has 0 fully saturated rings. The Kier molecular flexibility index (Phi) is 5.82. The molecule has 1 amide bonds. The maximum Gasteiger partial charge on any atom is 0.264 e. The average molecular weight is 435 g/mol. The van der Waals surface area contributed by atoms with Crippen molar-refractivity contribution in [3.63, 3.8) is 0 Å². The Bertz CT molecular complexity index is 1190. The zero-order valence-corrected chi connectivity index (χ0v) is 17.5. The van der Waals surface area contributed by atoms with Gasteiger partial charge in [0.15, 0.2) is 14.6 Å². The van der Waals surface area contributed by atoms with Crippen LogP contribution in [0.4, 0.5) is 4.39 Å². The summed E-state index contributed by atoms with van der Waals surface area (Å²) in [7, 11) is -2.28. The molecule has 1 unspecified atom stereocenters. The van der Waals surface area contributed by atoms with Gasteiger partial charge < -0.3 is 4.74 Å². The first-order chi connectivity index (χ1) is 14.1. The predicted molar refractivity (Wildman–Crippen MR) is 109 cm³/mol. The molecule has 1 atom stereocenters. The fourth-order valence-electron chi connectivity index (χ4n) is 3.13. The number of hydroxylamine groups is 1. The van der Waals surface area contributed by atoms with Gasteiger partial charge in [-0.1, -0.05) is 12.1 Å². The summed E-state index contributed by atoms with van der Waals surface area (Å²) in [6, 6.07) is 10.3. The summed E-state index contributed by atoms with van der Waals surface area (Å²) in [6.45, 7) is 1.25. The van der Waals surface area contributed by atoms with Crippen LogP contribution in [0.25, 0.3) is 22.0 Å². The second-order valence-electron chi connectivity index (χ2n) is 7.17. The van der Waals surface area contributed by atoms with Crippen LogP contribution in [-0.2, 0) is 21.2 Å². The van der Waals surface area contributed by atoms with E-state index >= 15 is 4.39 Å². The zero-order chi connectivity index (χ0) is 22.1. The van der Waals surface area contributed by atoms with Gasteiger partial charge in [0.05, 0.1) is 18.0 Å². The van der Waals surface area contributed by atoms with Gasteiger partial charge in [-0.05, 0) is 43.2 Å². The van der Waals surface area contributed by atoms with Crippen LogP contribution in [0.5, 0.6) is 5.75 Å². The number of ether oxygens (including phenoxy) is 1. The van der Waals surface area contributed by atoms with E-state index in [4.69, 9.17) is 9.94 Å². The highest BCUT2D eigenvalue weighted by Gasteiger charge is 2.43. The van der Waals surface area contributed by atoms with Crippen LogP contribution in [0.2, 0.25) is 0 Å². The second-order valence-corrected chi connectivity index (χ2v) is 9.62. The smallest absolute Gasteiger partial charge is 0.264 e. The third kappa shape index (κ3) is 3.88. The third-order valence-electron chi connectivity index (χ3n) is 5.29. The topological polar surface area (TPSA) is 111 Å². The van der Waals surface area contributed by atoms with Gasteiger partial charge in [-0.2, -0.15) is 5.10 Å². The molecular formula is C20H22FN3O5S. The van der Waals surface area contributed by atoms with Crippen molar-refractivity contribution >= 4 is 26.6 Å². The summed E-state index contributed by atoms with van der Waals surface area (Å²) in [5, 5.41) is 13.5. The van der Waals surface area contributed by atoms with Crippen LogP contribution >= 0.6 is 0 Å². The number of hydrogen-bond donors (Lipinski definition) is 2. The summed E-state index contributed by atoms with van der Waals surface area (Å²) in [5.41, 5.74) is 2.87. The highest BCUT2D eigenvalue weighted by Crippen LogP contribution is 2.30. The molecule has 0 saturated carbocycles. The van der Waals surface area contributed by atoms with Crippen LogP contribution in [-0.4, -0.2) is 47.4 Å². The van der Waals surface area contributed by atoms with Crippen molar-refractivity contribution in [3.05, 3.63) is 48.4 Å². The fourth-order valence-corrected chi connectivity index (χ4v) is 3.98. The SMILES string of the molecule is COc1ccc(-c2ccc3nn(CCC(C)(C(=O)NO)S(C)(=O)=O)cc3c2F)cc1. The first kappa shape index (κ1) is 21.7. The van der Waals surface area contributed by atoms with Gasteiger partial charge in [0.1, 0.15) is 11.6 Å². The molecule has 0 bridgehead atoms. The molecular weight excluding hydrogens is 413 g/mol. The Morgan fingerprint density at radius 1 is 1.27 bits per heavy atom. The number of carbonyl (C=O) groups excluding carboxylic acids is 1. The molecule has 3 aromatic rings. The number of benzene rings is 2. The number of nitrogens with zero attached hydrogens (tertiary/aromatic N) is 2. The lowest BCUT2D eigenvalue weighted by Crippen LogP contribution is -2.49. The van der Waals surface area contributed by atoms with E-state index in [1.54, 1.807) is 43.5 Å². The number of methoxy groups -OCH3 is 1. The van der Waals surface area contributed by atoms with Gasteiger partial charge in [-0.25, -0.2) is 18.3 Å². The molecule has 10 heteroatoms. The van der Waals surface area contributed by atoms with Crippen LogP contribution < -0.4 is 10.2 Å². The van der Waals surface area contributed by atoms with Crippen LogP contribution in [0, 0.1) is 5.82 Å². The maximum atomic E-state index is 15.1. The van der Waals surface area contributed by atoms with Crippen molar-refractivity contribution < 1.29 is 27.5 Å². The van der Waals surface area contributed by atoms with Gasteiger partial charge in [-0.15, -0.1) is 0 Å². The van der Waals surface area contributed by atoms with Gasteiger partial charge >= 0.3 is 0 Å². The van der Waals surface area contributed by atoms with E-state index in [2.05, 4.69) is 5.10 Å². The summed E-state index contributed by atoms with van der Waals surface area (Å²) >= 11 is 0. The van der Waals surface area contributed by atoms with Crippen molar-refractivity contribution in [1.82, 2.24) is 15.3 Å². The van der Waals surface area contributed by atoms with Crippen molar-refractivity contribution in [2.24, 2.45) is 0 Å². The number of fused-ring (bicyclic) bond motifs is 1. The Morgan fingerprint density at radius 3 is 2.50 bits per heavy atom. The number of aromatic nitrogens is 2. The number of carbonyl (C=O) groups is 1. The average Bonchev–Trinajstić information content (AvgIpc) is 3.15. The Balaban J connectivity index is 1.92. The van der Waals surface area contributed by atoms with Crippen molar-refractivity contribution in [2.45, 2.75) is 24.6 Å². The van der Waals surface area contributed by atoms with E-state index in [1.807, 2.05) is 0 Å². The van der Waals surface area contributed by atoms with E-state index in [0.29, 0.717) is 22.4 Å². The number of aryl methyl sites for hydroxylation is 1. The first-order valence-corrected chi connectivity index (χ1v) is 10.9. The van der Waals surface area contributed by atoms with Crippen LogP contribution in [0.15, 0.2) is 42.6 Å². The monoisotopic (exact) mass is 435 g/mol. The minimum Gasteiger partial charge on any atom is -0.497 e. The number of sulfone groups is 1. The van der Waals surface area contributed by atoms with E-state index in [-0.39, 0.29) is 18.4 Å². The largest absolute Gasteiger partial charge is 0.497 e. The van der Waals surface area contributed by atoms with Crippen molar-refractivity contribution in [1.29, 1.82) is 0 Å². The zero-order valence-electron chi connectivity index (χ0n) is 16.7. The first-order valence-electron chi connectivity index (χ1n) is 9.05. The molecule has 3 rings (SSSR count). The Hall–Kier alpha value is -2.98. The molecule has 1 aromatic heterocycles. The molecule has 160 valence electrons. The minimum absolute atomic E-state index is 0.0307. The summed E-state index contributed by atoms with van der Waals surface area (Å²) < 4.78 is 43.9. The summed E-state index contributed by atoms with van der Waals surface area (Å²) in [5.74, 6) is -0.827. The normalized spacial score (nSPS) is 13.8. The molecule has 0 aliphatic carbocycles. The minimum atomic E-state index is -3.83. The molecule has 2 aromatic carbocycles. The maximum absolute atomic E-state index is 15.1. The van der Waals surface area contributed by atoms with Gasteiger partial charge in [0.25, 0.3) is 5.91 Å². The van der Waals surface area contributed by atoms with E-state index in [9.17, 15) is 13.2 Å². The number of halogens is 1.